The van der Waals surface area contributed by atoms with Gasteiger partial charge in [-0.3, -0.25) is 4.98 Å². The molecule has 0 spiro atoms. The summed E-state index contributed by atoms with van der Waals surface area (Å²) in [6.45, 7) is 4.11. The molecule has 4 heteroatoms. The van der Waals surface area contributed by atoms with Crippen LogP contribution in [0.1, 0.15) is 43.9 Å². The van der Waals surface area contributed by atoms with Crippen molar-refractivity contribution >= 4 is 11.3 Å². The molecule has 0 aromatic carbocycles. The molecule has 1 aliphatic carbocycles. The molecule has 0 unspecified atom stereocenters. The van der Waals surface area contributed by atoms with Crippen LogP contribution in [0.2, 0.25) is 0 Å². The van der Waals surface area contributed by atoms with Crippen molar-refractivity contribution in [2.45, 2.75) is 57.8 Å². The third-order valence-corrected chi connectivity index (χ3v) is 4.06. The molecule has 1 N–H and O–H groups in total. The Bertz CT molecular complexity index is 294. The van der Waals surface area contributed by atoms with Gasteiger partial charge in [0.25, 0.3) is 0 Å². The van der Waals surface area contributed by atoms with Crippen LogP contribution in [-0.4, -0.2) is 23.7 Å². The third-order valence-electron chi connectivity index (χ3n) is 3.30. The number of nitrogens with zero attached hydrogens (tertiary/aromatic N) is 1. The number of hydrogen-bond donors (Lipinski definition) is 1. The molecule has 2 rings (SSSR count). The molecule has 1 aromatic heterocycles. The van der Waals surface area contributed by atoms with Crippen LogP contribution in [-0.2, 0) is 11.3 Å². The van der Waals surface area contributed by atoms with E-state index in [0.29, 0.717) is 6.10 Å². The standard InChI is InChI=1S/C13H22N2OS/c1-2-7-15-11-3-5-12(6-4-11)16-9-13-8-14-10-17-13/h8,10-12,15H,2-7,9H2,1H3. The van der Waals surface area contributed by atoms with E-state index >= 15 is 0 Å². The van der Waals surface area contributed by atoms with Crippen molar-refractivity contribution in [1.82, 2.24) is 10.3 Å². The summed E-state index contributed by atoms with van der Waals surface area (Å²) in [4.78, 5) is 5.29. The zero-order chi connectivity index (χ0) is 11.9. The Kier molecular flexibility index (Phi) is 5.42. The van der Waals surface area contributed by atoms with Crippen molar-refractivity contribution in [2.24, 2.45) is 0 Å². The van der Waals surface area contributed by atoms with Gasteiger partial charge in [0, 0.05) is 12.2 Å². The van der Waals surface area contributed by atoms with E-state index in [1.807, 2.05) is 11.7 Å². The van der Waals surface area contributed by atoms with Gasteiger partial charge < -0.3 is 10.1 Å². The Hall–Kier alpha value is -0.450. The van der Waals surface area contributed by atoms with Gasteiger partial charge in [-0.15, -0.1) is 11.3 Å². The minimum atomic E-state index is 0.455. The van der Waals surface area contributed by atoms with Gasteiger partial charge in [0.2, 0.25) is 0 Å². The topological polar surface area (TPSA) is 34.1 Å². The van der Waals surface area contributed by atoms with Crippen molar-refractivity contribution in [2.75, 3.05) is 6.54 Å². The Balaban J connectivity index is 1.62. The molecule has 1 saturated carbocycles. The monoisotopic (exact) mass is 254 g/mol. The van der Waals surface area contributed by atoms with Crippen LogP contribution in [0.25, 0.3) is 0 Å². The van der Waals surface area contributed by atoms with Crippen molar-refractivity contribution in [1.29, 1.82) is 0 Å². The Morgan fingerprint density at radius 1 is 1.41 bits per heavy atom. The predicted octanol–water partition coefficient (Wildman–Crippen LogP) is 2.97. The SMILES string of the molecule is CCCNC1CCC(OCc2cncs2)CC1. The van der Waals surface area contributed by atoms with Gasteiger partial charge in [-0.25, -0.2) is 0 Å². The number of rotatable bonds is 6. The maximum atomic E-state index is 5.92. The Labute approximate surface area is 108 Å². The van der Waals surface area contributed by atoms with Crippen molar-refractivity contribution in [3.63, 3.8) is 0 Å². The van der Waals surface area contributed by atoms with Gasteiger partial charge in [-0.1, -0.05) is 6.92 Å². The van der Waals surface area contributed by atoms with Gasteiger partial charge in [0.15, 0.2) is 0 Å². The second-order valence-electron chi connectivity index (χ2n) is 4.71. The fourth-order valence-electron chi connectivity index (χ4n) is 2.30. The average molecular weight is 254 g/mol. The Morgan fingerprint density at radius 2 is 2.24 bits per heavy atom. The molecular weight excluding hydrogens is 232 g/mol. The first-order valence-corrected chi connectivity index (χ1v) is 7.48. The molecule has 0 atom stereocenters. The van der Waals surface area contributed by atoms with Crippen LogP contribution < -0.4 is 5.32 Å². The summed E-state index contributed by atoms with van der Waals surface area (Å²) in [6, 6.07) is 0.721. The lowest BCUT2D eigenvalue weighted by molar-refractivity contribution is 0.0126. The van der Waals surface area contributed by atoms with Crippen LogP contribution in [0.15, 0.2) is 11.7 Å². The first-order valence-electron chi connectivity index (χ1n) is 6.61. The van der Waals surface area contributed by atoms with Crippen LogP contribution >= 0.6 is 11.3 Å². The third kappa shape index (κ3) is 4.37. The number of hydrogen-bond acceptors (Lipinski definition) is 4. The molecule has 0 radical (unpaired) electrons. The number of thiazole rings is 1. The highest BCUT2D eigenvalue weighted by Gasteiger charge is 2.20. The minimum absolute atomic E-state index is 0.455. The zero-order valence-electron chi connectivity index (χ0n) is 10.5. The molecule has 0 amide bonds. The lowest BCUT2D eigenvalue weighted by Gasteiger charge is -2.29. The van der Waals surface area contributed by atoms with Gasteiger partial charge in [0.1, 0.15) is 0 Å². The van der Waals surface area contributed by atoms with Gasteiger partial charge in [0.05, 0.1) is 23.1 Å². The summed E-state index contributed by atoms with van der Waals surface area (Å²) >= 11 is 1.67. The van der Waals surface area contributed by atoms with Crippen molar-refractivity contribution < 1.29 is 4.74 Å². The fourth-order valence-corrected chi connectivity index (χ4v) is 2.81. The normalized spacial score (nSPS) is 25.0. The molecule has 0 saturated heterocycles. The smallest absolute Gasteiger partial charge is 0.0829 e. The van der Waals surface area contributed by atoms with E-state index in [1.165, 1.54) is 37.0 Å². The maximum Gasteiger partial charge on any atom is 0.0829 e. The van der Waals surface area contributed by atoms with E-state index in [0.717, 1.165) is 19.2 Å². The molecule has 1 fully saturated rings. The molecule has 1 heterocycles. The summed E-state index contributed by atoms with van der Waals surface area (Å²) in [5.74, 6) is 0. The molecule has 0 bridgehead atoms. The highest BCUT2D eigenvalue weighted by molar-refractivity contribution is 7.09. The van der Waals surface area contributed by atoms with E-state index in [-0.39, 0.29) is 0 Å². The van der Waals surface area contributed by atoms with Crippen molar-refractivity contribution in [3.8, 4) is 0 Å². The van der Waals surface area contributed by atoms with E-state index in [4.69, 9.17) is 4.74 Å². The summed E-state index contributed by atoms with van der Waals surface area (Å²) in [5.41, 5.74) is 1.87. The van der Waals surface area contributed by atoms with E-state index in [1.54, 1.807) is 11.3 Å². The molecule has 3 nitrogen and oxygen atoms in total. The lowest BCUT2D eigenvalue weighted by atomic mass is 9.93. The second kappa shape index (κ2) is 7.09. The molecule has 1 aliphatic rings. The zero-order valence-corrected chi connectivity index (χ0v) is 11.3. The summed E-state index contributed by atoms with van der Waals surface area (Å²) in [7, 11) is 0. The first-order chi connectivity index (χ1) is 8.38. The predicted molar refractivity (Wildman–Crippen MR) is 71.2 cm³/mol. The van der Waals surface area contributed by atoms with Crippen LogP contribution in [0.5, 0.6) is 0 Å². The number of ether oxygens (including phenoxy) is 1. The number of nitrogens with one attached hydrogen (secondary N) is 1. The average Bonchev–Trinajstić information content (AvgIpc) is 2.88. The van der Waals surface area contributed by atoms with E-state index < -0.39 is 0 Å². The van der Waals surface area contributed by atoms with Gasteiger partial charge in [-0.2, -0.15) is 0 Å². The fraction of sp³-hybridized carbons (Fsp3) is 0.769. The molecule has 96 valence electrons. The quantitative estimate of drug-likeness (QED) is 0.847. The molecule has 17 heavy (non-hydrogen) atoms. The van der Waals surface area contributed by atoms with Crippen LogP contribution in [0.3, 0.4) is 0 Å². The molecule has 0 aliphatic heterocycles. The highest BCUT2D eigenvalue weighted by atomic mass is 32.1. The molecule has 1 aromatic rings. The largest absolute Gasteiger partial charge is 0.373 e. The van der Waals surface area contributed by atoms with Crippen molar-refractivity contribution in [3.05, 3.63) is 16.6 Å². The van der Waals surface area contributed by atoms with Crippen LogP contribution in [0, 0.1) is 0 Å². The highest BCUT2D eigenvalue weighted by Crippen LogP contribution is 2.22. The van der Waals surface area contributed by atoms with Gasteiger partial charge in [-0.05, 0) is 38.6 Å². The van der Waals surface area contributed by atoms with Gasteiger partial charge >= 0.3 is 0 Å². The minimum Gasteiger partial charge on any atom is -0.373 e. The second-order valence-corrected chi connectivity index (χ2v) is 5.68. The summed E-state index contributed by atoms with van der Waals surface area (Å²) < 4.78 is 5.92. The first kappa shape index (κ1) is 13.0. The van der Waals surface area contributed by atoms with E-state index in [9.17, 15) is 0 Å². The molecular formula is C13H22N2OS. The maximum absolute atomic E-state index is 5.92. The van der Waals surface area contributed by atoms with E-state index in [2.05, 4.69) is 17.2 Å². The summed E-state index contributed by atoms with van der Waals surface area (Å²) in [5, 5.41) is 3.60. The number of aromatic nitrogens is 1. The lowest BCUT2D eigenvalue weighted by Crippen LogP contribution is -2.35. The van der Waals surface area contributed by atoms with Crippen LogP contribution in [0.4, 0.5) is 0 Å². The summed E-state index contributed by atoms with van der Waals surface area (Å²) in [6.07, 6.45) is 8.49. The Morgan fingerprint density at radius 3 is 2.88 bits per heavy atom.